The molecule has 1 fully saturated rings. The number of aromatic nitrogens is 3. The number of nitrogens with zero attached hydrogens (tertiary/aromatic N) is 6. The molecule has 1 aliphatic rings. The average Bonchev–Trinajstić information content (AvgIpc) is 3.53. The number of halogens is 3. The second-order valence-electron chi connectivity index (χ2n) is 9.45. The highest BCUT2D eigenvalue weighted by atomic mass is 32.2. The van der Waals surface area contributed by atoms with E-state index >= 15 is 0 Å². The number of benzene rings is 3. The second kappa shape index (κ2) is 11.6. The summed E-state index contributed by atoms with van der Waals surface area (Å²) in [6.07, 6.45) is -1.67. The molecule has 1 aliphatic heterocycles. The van der Waals surface area contributed by atoms with E-state index in [9.17, 15) is 18.0 Å². The van der Waals surface area contributed by atoms with Gasteiger partial charge in [0, 0.05) is 5.56 Å². The largest absolute Gasteiger partial charge is 0.573 e. The third kappa shape index (κ3) is 6.49. The molecule has 0 radical (unpaired) electrons. The van der Waals surface area contributed by atoms with Gasteiger partial charge in [-0.15, -0.1) is 23.4 Å². The number of amides is 1. The summed E-state index contributed by atoms with van der Waals surface area (Å²) in [5.41, 5.74) is 3.94. The lowest BCUT2D eigenvalue weighted by Gasteiger charge is -2.21. The number of hydrogen-bond donors (Lipinski definition) is 0. The zero-order valence-corrected chi connectivity index (χ0v) is 23.1. The molecule has 210 valence electrons. The molecular formula is C29H25F3N6O2S. The van der Waals surface area contributed by atoms with Gasteiger partial charge in [-0.3, -0.25) is 9.69 Å². The molecule has 4 aromatic rings. The van der Waals surface area contributed by atoms with Gasteiger partial charge in [0.05, 0.1) is 22.8 Å². The fourth-order valence-electron chi connectivity index (χ4n) is 4.19. The Bertz CT molecular complexity index is 1600. The van der Waals surface area contributed by atoms with E-state index in [1.165, 1.54) is 47.0 Å². The predicted octanol–water partition coefficient (Wildman–Crippen LogP) is 6.81. The highest BCUT2D eigenvalue weighted by Crippen LogP contribution is 2.36. The summed E-state index contributed by atoms with van der Waals surface area (Å²) in [4.78, 5) is 18.9. The van der Waals surface area contributed by atoms with Crippen LogP contribution in [0, 0.1) is 0 Å². The number of anilines is 1. The first-order chi connectivity index (χ1) is 19.6. The van der Waals surface area contributed by atoms with Crippen LogP contribution in [0.2, 0.25) is 0 Å². The van der Waals surface area contributed by atoms with Crippen molar-refractivity contribution in [3.8, 4) is 22.8 Å². The summed E-state index contributed by atoms with van der Waals surface area (Å²) in [6, 6.07) is 20.5. The van der Waals surface area contributed by atoms with Crippen LogP contribution in [0.3, 0.4) is 0 Å². The number of para-hydroxylation sites is 1. The molecule has 8 nitrogen and oxygen atoms in total. The van der Waals surface area contributed by atoms with Crippen LogP contribution in [0.15, 0.2) is 89.3 Å². The Hall–Kier alpha value is -4.45. The van der Waals surface area contributed by atoms with Crippen molar-refractivity contribution in [2.75, 3.05) is 4.90 Å². The van der Waals surface area contributed by atoms with Crippen LogP contribution in [0.25, 0.3) is 17.1 Å². The first kappa shape index (κ1) is 28.1. The summed E-state index contributed by atoms with van der Waals surface area (Å²) < 4.78 is 42.5. The quantitative estimate of drug-likeness (QED) is 0.178. The predicted molar refractivity (Wildman–Crippen MR) is 154 cm³/mol. The highest BCUT2D eigenvalue weighted by molar-refractivity contribution is 8.16. The average molecular weight is 579 g/mol. The first-order valence-corrected chi connectivity index (χ1v) is 13.6. The van der Waals surface area contributed by atoms with Gasteiger partial charge >= 0.3 is 6.36 Å². The van der Waals surface area contributed by atoms with E-state index in [1.54, 1.807) is 11.1 Å². The number of carbonyl (C=O) groups is 1. The number of thioether (sulfide) groups is 1. The molecule has 1 unspecified atom stereocenters. The first-order valence-electron chi connectivity index (χ1n) is 12.7. The number of carbonyl (C=O) groups excluding carboxylic acids is 1. The zero-order valence-electron chi connectivity index (χ0n) is 22.3. The van der Waals surface area contributed by atoms with Crippen LogP contribution in [0.5, 0.6) is 5.75 Å². The van der Waals surface area contributed by atoms with Crippen molar-refractivity contribution in [3.63, 3.8) is 0 Å². The van der Waals surface area contributed by atoms with Gasteiger partial charge in [-0.05, 0) is 54.3 Å². The van der Waals surface area contributed by atoms with Gasteiger partial charge in [-0.1, -0.05) is 68.1 Å². The summed E-state index contributed by atoms with van der Waals surface area (Å²) >= 11 is 1.37. The van der Waals surface area contributed by atoms with Crippen LogP contribution < -0.4 is 9.64 Å². The number of rotatable bonds is 7. The molecule has 0 N–H and O–H groups in total. The zero-order chi connectivity index (χ0) is 29.1. The fraction of sp³-hybridized carbons (Fsp3) is 0.207. The van der Waals surface area contributed by atoms with E-state index in [4.69, 9.17) is 0 Å². The summed E-state index contributed by atoms with van der Waals surface area (Å²) in [6.45, 7) is 6.03. The lowest BCUT2D eigenvalue weighted by Crippen LogP contribution is -2.32. The molecule has 0 spiro atoms. The van der Waals surface area contributed by atoms with Crippen LogP contribution in [0.4, 0.5) is 18.9 Å². The number of amidine groups is 1. The molecule has 1 amide bonds. The second-order valence-corrected chi connectivity index (χ2v) is 10.8. The van der Waals surface area contributed by atoms with E-state index in [0.29, 0.717) is 16.7 Å². The van der Waals surface area contributed by atoms with E-state index in [2.05, 4.69) is 38.9 Å². The normalized spacial score (nSPS) is 16.9. The number of alkyl halides is 3. The van der Waals surface area contributed by atoms with Crippen LogP contribution in [-0.2, 0) is 4.79 Å². The molecule has 5 rings (SSSR count). The Morgan fingerprint density at radius 2 is 1.73 bits per heavy atom. The third-order valence-electron chi connectivity index (χ3n) is 6.19. The fourth-order valence-corrected chi connectivity index (χ4v) is 5.10. The van der Waals surface area contributed by atoms with Crippen LogP contribution in [0.1, 0.15) is 37.8 Å². The van der Waals surface area contributed by atoms with Crippen molar-refractivity contribution in [2.24, 2.45) is 10.2 Å². The van der Waals surface area contributed by atoms with Crippen LogP contribution >= 0.6 is 11.8 Å². The van der Waals surface area contributed by atoms with E-state index in [0.717, 1.165) is 22.4 Å². The minimum absolute atomic E-state index is 0.0288. The Balaban J connectivity index is 1.29. The Morgan fingerprint density at radius 3 is 2.41 bits per heavy atom. The van der Waals surface area contributed by atoms with Crippen molar-refractivity contribution in [3.05, 3.63) is 90.3 Å². The monoisotopic (exact) mass is 578 g/mol. The Kier molecular flexibility index (Phi) is 7.93. The molecular weight excluding hydrogens is 553 g/mol. The highest BCUT2D eigenvalue weighted by Gasteiger charge is 2.37. The van der Waals surface area contributed by atoms with Crippen molar-refractivity contribution >= 4 is 34.7 Å². The van der Waals surface area contributed by atoms with Gasteiger partial charge < -0.3 is 4.74 Å². The van der Waals surface area contributed by atoms with E-state index < -0.39 is 6.36 Å². The summed E-state index contributed by atoms with van der Waals surface area (Å²) in [5.74, 6) is 0.338. The molecule has 0 bridgehead atoms. The summed E-state index contributed by atoms with van der Waals surface area (Å²) in [5, 5.41) is 13.3. The van der Waals surface area contributed by atoms with Crippen molar-refractivity contribution in [1.82, 2.24) is 14.8 Å². The van der Waals surface area contributed by atoms with Gasteiger partial charge in [-0.2, -0.15) is 5.10 Å². The number of hydrogen-bond acceptors (Lipinski definition) is 7. The molecule has 0 aliphatic carbocycles. The Labute approximate surface area is 238 Å². The molecule has 1 aromatic heterocycles. The number of ether oxygens (including phenoxy) is 1. The van der Waals surface area contributed by atoms with Gasteiger partial charge in [-0.25, -0.2) is 9.67 Å². The summed E-state index contributed by atoms with van der Waals surface area (Å²) in [7, 11) is 0. The van der Waals surface area contributed by atoms with Gasteiger partial charge in [0.2, 0.25) is 5.91 Å². The topological polar surface area (TPSA) is 85.0 Å². The third-order valence-corrected chi connectivity index (χ3v) is 7.22. The molecule has 1 atom stereocenters. The lowest BCUT2D eigenvalue weighted by molar-refractivity contribution is -0.274. The maximum absolute atomic E-state index is 13.0. The van der Waals surface area contributed by atoms with Crippen molar-refractivity contribution in [2.45, 2.75) is 38.3 Å². The van der Waals surface area contributed by atoms with E-state index in [-0.39, 0.29) is 22.8 Å². The molecule has 12 heteroatoms. The maximum atomic E-state index is 13.0. The van der Waals surface area contributed by atoms with Gasteiger partial charge in [0.15, 0.2) is 11.0 Å². The minimum Gasteiger partial charge on any atom is -0.406 e. The molecule has 41 heavy (non-hydrogen) atoms. The van der Waals surface area contributed by atoms with E-state index in [1.807, 2.05) is 55.5 Å². The molecule has 1 saturated heterocycles. The lowest BCUT2D eigenvalue weighted by atomic mass is 10.0. The van der Waals surface area contributed by atoms with Gasteiger partial charge in [0.25, 0.3) is 0 Å². The minimum atomic E-state index is -4.75. The smallest absolute Gasteiger partial charge is 0.406 e. The standard InChI is InChI=1S/C29H25F3N6O2S/c1-18(2)24-6-4-5-7-25(24)38-27(39)19(3)41-28(38)35-34-16-20-8-10-21(11-9-20)26-33-17-37(36-26)22-12-14-23(15-13-22)40-29(30,31)32/h4-19H,1-3H3. The van der Waals surface area contributed by atoms with Gasteiger partial charge in [0.1, 0.15) is 12.1 Å². The SMILES string of the molecule is CC1SC(=NN=Cc2ccc(-c3ncn(-c4ccc(OC(F)(F)F)cc4)n3)cc2)N(c2ccccc2C(C)C)C1=O. The Morgan fingerprint density at radius 1 is 1.02 bits per heavy atom. The maximum Gasteiger partial charge on any atom is 0.573 e. The molecule has 2 heterocycles. The van der Waals surface area contributed by atoms with Crippen molar-refractivity contribution < 1.29 is 22.7 Å². The molecule has 0 saturated carbocycles. The molecule has 3 aromatic carbocycles. The van der Waals surface area contributed by atoms with Crippen LogP contribution in [-0.4, -0.2) is 43.7 Å². The van der Waals surface area contributed by atoms with Crippen molar-refractivity contribution in [1.29, 1.82) is 0 Å².